The number of hydrogen-bond donors (Lipinski definition) is 3. The summed E-state index contributed by atoms with van der Waals surface area (Å²) in [4.78, 5) is 32.8. The van der Waals surface area contributed by atoms with Crippen molar-refractivity contribution >= 4 is 17.7 Å². The highest BCUT2D eigenvalue weighted by Crippen LogP contribution is 2.04. The molecule has 0 aromatic heterocycles. The summed E-state index contributed by atoms with van der Waals surface area (Å²) in [6, 6.07) is 6.70. The molecule has 1 aromatic carbocycles. The first kappa shape index (κ1) is 13.7. The van der Waals surface area contributed by atoms with E-state index in [1.807, 2.05) is 0 Å². The summed E-state index contributed by atoms with van der Waals surface area (Å²) in [5, 5.41) is 5.03. The second kappa shape index (κ2) is 6.39. The van der Waals surface area contributed by atoms with Crippen molar-refractivity contribution in [3.8, 4) is 0 Å². The molecule has 0 bridgehead atoms. The smallest absolute Gasteiger partial charge is 0.251 e. The van der Waals surface area contributed by atoms with Gasteiger partial charge >= 0.3 is 0 Å². The Kier molecular flexibility index (Phi) is 4.86. The number of nitrogens with one attached hydrogen (secondary N) is 2. The first-order chi connectivity index (χ1) is 8.49. The Morgan fingerprint density at radius 2 is 1.72 bits per heavy atom. The van der Waals surface area contributed by atoms with E-state index < -0.39 is 5.91 Å². The highest BCUT2D eigenvalue weighted by atomic mass is 16.2. The molecule has 0 spiro atoms. The number of carbonyl (C=O) groups excluding carboxylic acids is 3. The van der Waals surface area contributed by atoms with Gasteiger partial charge in [0.25, 0.3) is 5.91 Å². The molecule has 6 heteroatoms. The minimum atomic E-state index is -0.592. The van der Waals surface area contributed by atoms with E-state index in [1.165, 1.54) is 6.92 Å². The Bertz CT molecular complexity index is 454. The molecule has 4 N–H and O–H groups in total. The maximum absolute atomic E-state index is 11.5. The fourth-order valence-electron chi connectivity index (χ4n) is 1.27. The zero-order valence-corrected chi connectivity index (χ0v) is 10.0. The molecule has 0 saturated heterocycles. The first-order valence-electron chi connectivity index (χ1n) is 5.39. The lowest BCUT2D eigenvalue weighted by molar-refractivity contribution is -0.119. The van der Waals surface area contributed by atoms with E-state index in [4.69, 9.17) is 5.73 Å². The second-order valence-electron chi connectivity index (χ2n) is 3.76. The summed E-state index contributed by atoms with van der Waals surface area (Å²) < 4.78 is 0. The van der Waals surface area contributed by atoms with Crippen molar-refractivity contribution in [2.45, 2.75) is 13.5 Å². The van der Waals surface area contributed by atoms with Crippen LogP contribution in [0.4, 0.5) is 0 Å². The van der Waals surface area contributed by atoms with Crippen LogP contribution >= 0.6 is 0 Å². The molecule has 0 saturated carbocycles. The summed E-state index contributed by atoms with van der Waals surface area (Å²) in [7, 11) is 0. The SMILES string of the molecule is CC(=O)NCc1ccc(C(=O)NCC(N)=O)cc1. The van der Waals surface area contributed by atoms with E-state index in [0.29, 0.717) is 12.1 Å². The third-order valence-corrected chi connectivity index (χ3v) is 2.18. The van der Waals surface area contributed by atoms with Crippen LogP contribution in [-0.4, -0.2) is 24.3 Å². The molecule has 0 unspecified atom stereocenters. The van der Waals surface area contributed by atoms with E-state index in [9.17, 15) is 14.4 Å². The number of carbonyl (C=O) groups is 3. The summed E-state index contributed by atoms with van der Waals surface area (Å²) in [5.41, 5.74) is 6.24. The predicted molar refractivity (Wildman–Crippen MR) is 65.5 cm³/mol. The molecule has 0 fully saturated rings. The van der Waals surface area contributed by atoms with Crippen LogP contribution in [0.5, 0.6) is 0 Å². The molecule has 0 aliphatic carbocycles. The molecular formula is C12H15N3O3. The van der Waals surface area contributed by atoms with Crippen molar-refractivity contribution in [3.63, 3.8) is 0 Å². The Morgan fingerprint density at radius 1 is 1.11 bits per heavy atom. The number of nitrogens with two attached hydrogens (primary N) is 1. The first-order valence-corrected chi connectivity index (χ1v) is 5.39. The number of primary amides is 1. The van der Waals surface area contributed by atoms with Gasteiger partial charge in [-0.05, 0) is 17.7 Å². The average molecular weight is 249 g/mol. The Labute approximate surface area is 105 Å². The van der Waals surface area contributed by atoms with Crippen molar-refractivity contribution in [2.75, 3.05) is 6.54 Å². The lowest BCUT2D eigenvalue weighted by atomic mass is 10.1. The maximum atomic E-state index is 11.5. The molecule has 0 aliphatic rings. The highest BCUT2D eigenvalue weighted by molar-refractivity contribution is 5.96. The maximum Gasteiger partial charge on any atom is 0.251 e. The molecule has 96 valence electrons. The largest absolute Gasteiger partial charge is 0.368 e. The van der Waals surface area contributed by atoms with Gasteiger partial charge in [0.05, 0.1) is 6.54 Å². The lowest BCUT2D eigenvalue weighted by Crippen LogP contribution is -2.33. The van der Waals surface area contributed by atoms with Crippen LogP contribution in [0.25, 0.3) is 0 Å². The van der Waals surface area contributed by atoms with Gasteiger partial charge in [-0.25, -0.2) is 0 Å². The minimum absolute atomic E-state index is 0.113. The molecule has 0 atom stereocenters. The van der Waals surface area contributed by atoms with Crippen LogP contribution in [0.2, 0.25) is 0 Å². The zero-order valence-electron chi connectivity index (χ0n) is 10.0. The van der Waals surface area contributed by atoms with Gasteiger partial charge in [0.15, 0.2) is 0 Å². The number of rotatable bonds is 5. The monoisotopic (exact) mass is 249 g/mol. The molecule has 0 heterocycles. The Hall–Kier alpha value is -2.37. The van der Waals surface area contributed by atoms with Crippen LogP contribution in [0.1, 0.15) is 22.8 Å². The predicted octanol–water partition coefficient (Wildman–Crippen LogP) is -0.462. The van der Waals surface area contributed by atoms with Crippen LogP contribution in [0.3, 0.4) is 0 Å². The van der Waals surface area contributed by atoms with Gasteiger partial charge < -0.3 is 16.4 Å². The van der Waals surface area contributed by atoms with Gasteiger partial charge in [-0.1, -0.05) is 12.1 Å². The Balaban J connectivity index is 2.56. The van der Waals surface area contributed by atoms with E-state index in [-0.39, 0.29) is 18.4 Å². The quantitative estimate of drug-likeness (QED) is 0.658. The molecule has 6 nitrogen and oxygen atoms in total. The van der Waals surface area contributed by atoms with Crippen LogP contribution in [0.15, 0.2) is 24.3 Å². The van der Waals surface area contributed by atoms with E-state index in [0.717, 1.165) is 5.56 Å². The topological polar surface area (TPSA) is 101 Å². The number of benzene rings is 1. The summed E-state index contributed by atoms with van der Waals surface area (Å²) in [6.07, 6.45) is 0. The molecule has 3 amide bonds. The van der Waals surface area contributed by atoms with Crippen molar-refractivity contribution in [2.24, 2.45) is 5.73 Å². The van der Waals surface area contributed by atoms with Crippen molar-refractivity contribution in [3.05, 3.63) is 35.4 Å². The molecule has 1 rings (SSSR count). The van der Waals surface area contributed by atoms with Crippen molar-refractivity contribution < 1.29 is 14.4 Å². The normalized spacial score (nSPS) is 9.61. The van der Waals surface area contributed by atoms with Gasteiger partial charge in [0.1, 0.15) is 0 Å². The fraction of sp³-hybridized carbons (Fsp3) is 0.250. The van der Waals surface area contributed by atoms with Gasteiger partial charge in [-0.3, -0.25) is 14.4 Å². The summed E-state index contributed by atoms with van der Waals surface area (Å²) in [5.74, 6) is -1.07. The summed E-state index contributed by atoms with van der Waals surface area (Å²) >= 11 is 0. The highest BCUT2D eigenvalue weighted by Gasteiger charge is 2.06. The number of amides is 3. The van der Waals surface area contributed by atoms with Crippen molar-refractivity contribution in [1.82, 2.24) is 10.6 Å². The van der Waals surface area contributed by atoms with Crippen molar-refractivity contribution in [1.29, 1.82) is 0 Å². The van der Waals surface area contributed by atoms with E-state index in [2.05, 4.69) is 10.6 Å². The third kappa shape index (κ3) is 4.65. The van der Waals surface area contributed by atoms with Gasteiger partial charge in [0, 0.05) is 19.0 Å². The zero-order chi connectivity index (χ0) is 13.5. The van der Waals surface area contributed by atoms with Crippen LogP contribution in [-0.2, 0) is 16.1 Å². The standard InChI is InChI=1S/C12H15N3O3/c1-8(16)14-6-9-2-4-10(5-3-9)12(18)15-7-11(13)17/h2-5H,6-7H2,1H3,(H2,13,17)(H,14,16)(H,15,18). The number of hydrogen-bond acceptors (Lipinski definition) is 3. The van der Waals surface area contributed by atoms with E-state index >= 15 is 0 Å². The molecule has 0 aliphatic heterocycles. The van der Waals surface area contributed by atoms with Gasteiger partial charge in [0.2, 0.25) is 11.8 Å². The summed E-state index contributed by atoms with van der Waals surface area (Å²) in [6.45, 7) is 1.66. The van der Waals surface area contributed by atoms with Gasteiger partial charge in [-0.2, -0.15) is 0 Å². The van der Waals surface area contributed by atoms with E-state index in [1.54, 1.807) is 24.3 Å². The molecule has 0 radical (unpaired) electrons. The minimum Gasteiger partial charge on any atom is -0.368 e. The van der Waals surface area contributed by atoms with Gasteiger partial charge in [-0.15, -0.1) is 0 Å². The molecule has 18 heavy (non-hydrogen) atoms. The average Bonchev–Trinajstić information content (AvgIpc) is 2.34. The fourth-order valence-corrected chi connectivity index (χ4v) is 1.27. The van der Waals surface area contributed by atoms with Crippen LogP contribution in [0, 0.1) is 0 Å². The van der Waals surface area contributed by atoms with Crippen LogP contribution < -0.4 is 16.4 Å². The third-order valence-electron chi connectivity index (χ3n) is 2.18. The lowest BCUT2D eigenvalue weighted by Gasteiger charge is -2.05. The Morgan fingerprint density at radius 3 is 2.22 bits per heavy atom. The molecule has 1 aromatic rings. The second-order valence-corrected chi connectivity index (χ2v) is 3.76. The molecular weight excluding hydrogens is 234 g/mol.